The van der Waals surface area contributed by atoms with Crippen molar-refractivity contribution in [1.29, 1.82) is 0 Å². The highest BCUT2D eigenvalue weighted by molar-refractivity contribution is 9.09. The van der Waals surface area contributed by atoms with Crippen molar-refractivity contribution in [3.8, 4) is 0 Å². The van der Waals surface area contributed by atoms with Crippen LogP contribution in [0.1, 0.15) is 12.5 Å². The first kappa shape index (κ1) is 14.0. The maximum Gasteiger partial charge on any atom is 0.431 e. The van der Waals surface area contributed by atoms with Crippen LogP contribution in [0, 0.1) is 0 Å². The first-order valence-corrected chi connectivity index (χ1v) is 6.56. The molecule has 1 aromatic carbocycles. The van der Waals surface area contributed by atoms with Gasteiger partial charge >= 0.3 is 6.09 Å². The third kappa shape index (κ3) is 5.70. The van der Waals surface area contributed by atoms with Crippen molar-refractivity contribution in [2.75, 3.05) is 11.9 Å². The first-order valence-electron chi connectivity index (χ1n) is 5.44. The quantitative estimate of drug-likeness (QED) is 0.649. The molecule has 0 spiro atoms. The second kappa shape index (κ2) is 8.08. The molecule has 17 heavy (non-hydrogen) atoms. The van der Waals surface area contributed by atoms with Gasteiger partial charge in [0.25, 0.3) is 0 Å². The van der Waals surface area contributed by atoms with Crippen LogP contribution >= 0.6 is 15.9 Å². The monoisotopic (exact) mass is 301 g/mol. The summed E-state index contributed by atoms with van der Waals surface area (Å²) in [6.45, 7) is 2.07. The fourth-order valence-corrected chi connectivity index (χ4v) is 1.66. The molecule has 0 aromatic heterocycles. The molecular formula is C12H16BrNO3. The summed E-state index contributed by atoms with van der Waals surface area (Å²) in [5.74, 6) is 0. The van der Waals surface area contributed by atoms with Gasteiger partial charge < -0.3 is 4.74 Å². The van der Waals surface area contributed by atoms with E-state index in [1.165, 1.54) is 0 Å². The maximum atomic E-state index is 11.0. The predicted octanol–water partition coefficient (Wildman–Crippen LogP) is 2.67. The van der Waals surface area contributed by atoms with Gasteiger partial charge in [-0.2, -0.15) is 5.48 Å². The molecule has 0 aliphatic heterocycles. The summed E-state index contributed by atoms with van der Waals surface area (Å²) in [6.07, 6.45) is 0.0340. The van der Waals surface area contributed by atoms with Gasteiger partial charge in [-0.05, 0) is 12.5 Å². The lowest BCUT2D eigenvalue weighted by Crippen LogP contribution is -2.32. The van der Waals surface area contributed by atoms with Gasteiger partial charge in [-0.25, -0.2) is 4.79 Å². The fourth-order valence-electron chi connectivity index (χ4n) is 1.30. The zero-order valence-corrected chi connectivity index (χ0v) is 11.3. The summed E-state index contributed by atoms with van der Waals surface area (Å²) in [6, 6.07) is 9.94. The van der Waals surface area contributed by atoms with Crippen LogP contribution in [-0.2, 0) is 16.0 Å². The van der Waals surface area contributed by atoms with Crippen molar-refractivity contribution in [2.24, 2.45) is 0 Å². The number of benzene rings is 1. The highest BCUT2D eigenvalue weighted by Gasteiger charge is 2.11. The van der Waals surface area contributed by atoms with Crippen molar-refractivity contribution < 1.29 is 14.4 Å². The standard InChI is InChI=1S/C12H16BrNO3/c1-2-16-12(15)14-17-11(9-13)8-10-6-4-3-5-7-10/h3-7,11H,2,8-9H2,1H3,(H,14,15). The molecule has 0 fully saturated rings. The van der Waals surface area contributed by atoms with E-state index in [1.54, 1.807) is 6.92 Å². The van der Waals surface area contributed by atoms with Crippen molar-refractivity contribution >= 4 is 22.0 Å². The Morgan fingerprint density at radius 3 is 2.71 bits per heavy atom. The molecule has 94 valence electrons. The lowest BCUT2D eigenvalue weighted by Gasteiger charge is -2.15. The topological polar surface area (TPSA) is 47.6 Å². The average Bonchev–Trinajstić information content (AvgIpc) is 2.36. The molecule has 1 amide bonds. The molecule has 0 aliphatic rings. The molecule has 0 saturated carbocycles. The Morgan fingerprint density at radius 2 is 2.12 bits per heavy atom. The molecule has 0 radical (unpaired) electrons. The van der Waals surface area contributed by atoms with Crippen molar-refractivity contribution in [3.05, 3.63) is 35.9 Å². The number of halogens is 1. The van der Waals surface area contributed by atoms with Crippen LogP contribution in [0.2, 0.25) is 0 Å². The molecule has 0 saturated heterocycles. The van der Waals surface area contributed by atoms with Gasteiger partial charge in [0.1, 0.15) is 0 Å². The number of alkyl halides is 1. The minimum absolute atomic E-state index is 0.123. The second-order valence-electron chi connectivity index (χ2n) is 3.41. The van der Waals surface area contributed by atoms with E-state index in [1.807, 2.05) is 30.3 Å². The van der Waals surface area contributed by atoms with Crippen LogP contribution in [0.25, 0.3) is 0 Å². The summed E-state index contributed by atoms with van der Waals surface area (Å²) in [5, 5.41) is 0.633. The average molecular weight is 302 g/mol. The smallest absolute Gasteiger partial charge is 0.431 e. The van der Waals surface area contributed by atoms with Crippen LogP contribution in [0.15, 0.2) is 30.3 Å². The molecule has 1 atom stereocenters. The maximum absolute atomic E-state index is 11.0. The van der Waals surface area contributed by atoms with Crippen molar-refractivity contribution in [1.82, 2.24) is 5.48 Å². The molecule has 1 N–H and O–H groups in total. The number of hydrogen-bond acceptors (Lipinski definition) is 3. The zero-order chi connectivity index (χ0) is 12.5. The number of amides is 1. The molecule has 0 heterocycles. The van der Waals surface area contributed by atoms with Crippen LogP contribution in [0.5, 0.6) is 0 Å². The number of ether oxygens (including phenoxy) is 1. The van der Waals surface area contributed by atoms with Crippen LogP contribution in [0.3, 0.4) is 0 Å². The van der Waals surface area contributed by atoms with E-state index in [0.29, 0.717) is 11.9 Å². The zero-order valence-electron chi connectivity index (χ0n) is 9.69. The number of rotatable bonds is 6. The van der Waals surface area contributed by atoms with Gasteiger partial charge in [-0.1, -0.05) is 46.3 Å². The Kier molecular flexibility index (Phi) is 6.65. The Morgan fingerprint density at radius 1 is 1.41 bits per heavy atom. The fraction of sp³-hybridized carbons (Fsp3) is 0.417. The summed E-state index contributed by atoms with van der Waals surface area (Å²) in [5.41, 5.74) is 3.42. The second-order valence-corrected chi connectivity index (χ2v) is 4.05. The minimum Gasteiger partial charge on any atom is -0.448 e. The number of hydroxylamine groups is 1. The van der Waals surface area contributed by atoms with E-state index in [-0.39, 0.29) is 6.10 Å². The summed E-state index contributed by atoms with van der Waals surface area (Å²) < 4.78 is 4.70. The van der Waals surface area contributed by atoms with Gasteiger partial charge in [0.05, 0.1) is 12.7 Å². The SMILES string of the molecule is CCOC(=O)NOC(CBr)Cc1ccccc1. The number of nitrogens with one attached hydrogen (secondary N) is 1. The lowest BCUT2D eigenvalue weighted by atomic mass is 10.1. The molecule has 0 aliphatic carbocycles. The van der Waals surface area contributed by atoms with E-state index < -0.39 is 6.09 Å². The van der Waals surface area contributed by atoms with E-state index in [0.717, 1.165) is 12.0 Å². The summed E-state index contributed by atoms with van der Waals surface area (Å²) in [7, 11) is 0. The largest absolute Gasteiger partial charge is 0.448 e. The first-order chi connectivity index (χ1) is 8.26. The van der Waals surface area contributed by atoms with E-state index in [2.05, 4.69) is 21.4 Å². The Labute approximate surface area is 109 Å². The molecule has 1 rings (SSSR count). The van der Waals surface area contributed by atoms with Gasteiger partial charge in [0.2, 0.25) is 0 Å². The van der Waals surface area contributed by atoms with E-state index >= 15 is 0 Å². The molecular weight excluding hydrogens is 286 g/mol. The highest BCUT2D eigenvalue weighted by atomic mass is 79.9. The third-order valence-corrected chi connectivity index (χ3v) is 2.78. The number of carbonyl (C=O) groups is 1. The molecule has 1 unspecified atom stereocenters. The number of hydrogen-bond donors (Lipinski definition) is 1. The minimum atomic E-state index is -0.563. The lowest BCUT2D eigenvalue weighted by molar-refractivity contribution is -0.0111. The van der Waals surface area contributed by atoms with Crippen molar-refractivity contribution in [2.45, 2.75) is 19.4 Å². The van der Waals surface area contributed by atoms with Crippen LogP contribution < -0.4 is 5.48 Å². The van der Waals surface area contributed by atoms with Crippen molar-refractivity contribution in [3.63, 3.8) is 0 Å². The van der Waals surface area contributed by atoms with Crippen LogP contribution in [0.4, 0.5) is 4.79 Å². The Balaban J connectivity index is 2.36. The Hall–Kier alpha value is -1.07. The normalized spacial score (nSPS) is 11.9. The Bertz CT molecular complexity index is 332. The summed E-state index contributed by atoms with van der Waals surface area (Å²) >= 11 is 3.35. The highest BCUT2D eigenvalue weighted by Crippen LogP contribution is 2.07. The molecule has 4 nitrogen and oxygen atoms in total. The molecule has 1 aromatic rings. The number of carbonyl (C=O) groups excluding carboxylic acids is 1. The van der Waals surface area contributed by atoms with Gasteiger partial charge in [-0.3, -0.25) is 4.84 Å². The van der Waals surface area contributed by atoms with E-state index in [9.17, 15) is 4.79 Å². The molecule has 5 heteroatoms. The summed E-state index contributed by atoms with van der Waals surface area (Å²) in [4.78, 5) is 16.3. The van der Waals surface area contributed by atoms with Gasteiger partial charge in [-0.15, -0.1) is 0 Å². The van der Waals surface area contributed by atoms with Gasteiger partial charge in [0, 0.05) is 11.8 Å². The van der Waals surface area contributed by atoms with E-state index in [4.69, 9.17) is 9.57 Å². The predicted molar refractivity (Wildman–Crippen MR) is 69.0 cm³/mol. The molecule has 0 bridgehead atoms. The third-order valence-electron chi connectivity index (χ3n) is 2.06. The van der Waals surface area contributed by atoms with Gasteiger partial charge in [0.15, 0.2) is 0 Å². The van der Waals surface area contributed by atoms with Crippen LogP contribution in [-0.4, -0.2) is 24.1 Å².